The van der Waals surface area contributed by atoms with Crippen molar-refractivity contribution in [2.24, 2.45) is 0 Å². The van der Waals surface area contributed by atoms with Crippen molar-refractivity contribution in [3.8, 4) is 23.2 Å². The molecule has 1 aliphatic heterocycles. The number of hydrogen-bond acceptors (Lipinski definition) is 4. The van der Waals surface area contributed by atoms with E-state index in [-0.39, 0.29) is 0 Å². The number of imidazole rings is 1. The van der Waals surface area contributed by atoms with Gasteiger partial charge in [-0.15, -0.1) is 5.10 Å². The molecule has 7 heteroatoms. The smallest absolute Gasteiger partial charge is 0.135 e. The third kappa shape index (κ3) is 2.38. The molecule has 26 heavy (non-hydrogen) atoms. The molecule has 124 valence electrons. The Morgan fingerprint density at radius 2 is 2.04 bits per heavy atom. The van der Waals surface area contributed by atoms with Gasteiger partial charge in [-0.25, -0.2) is 9.67 Å². The van der Waals surface area contributed by atoms with Gasteiger partial charge in [-0.1, -0.05) is 22.7 Å². The van der Waals surface area contributed by atoms with Gasteiger partial charge in [0.1, 0.15) is 12.0 Å². The van der Waals surface area contributed by atoms with Gasteiger partial charge in [0.15, 0.2) is 0 Å². The number of rotatable bonds is 0. The Morgan fingerprint density at radius 3 is 2.92 bits per heavy atom. The van der Waals surface area contributed by atoms with E-state index in [1.807, 2.05) is 39.6 Å². The van der Waals surface area contributed by atoms with Crippen molar-refractivity contribution in [2.75, 3.05) is 0 Å². The zero-order valence-electron chi connectivity index (χ0n) is 13.5. The Kier molecular flexibility index (Phi) is 3.33. The molecule has 0 spiro atoms. The van der Waals surface area contributed by atoms with Gasteiger partial charge in [0.05, 0.1) is 29.0 Å². The first-order valence-electron chi connectivity index (χ1n) is 7.98. The third-order valence-electron chi connectivity index (χ3n) is 4.25. The Morgan fingerprint density at radius 1 is 1.08 bits per heavy atom. The molecule has 0 bridgehead atoms. The molecule has 1 aliphatic rings. The van der Waals surface area contributed by atoms with Crippen LogP contribution < -0.4 is 0 Å². The van der Waals surface area contributed by atoms with Gasteiger partial charge in [0, 0.05) is 29.4 Å². The van der Waals surface area contributed by atoms with E-state index in [9.17, 15) is 0 Å². The summed E-state index contributed by atoms with van der Waals surface area (Å²) < 4.78 is 3.85. The first kappa shape index (κ1) is 14.9. The maximum absolute atomic E-state index is 6.20. The molecule has 5 rings (SSSR count). The van der Waals surface area contributed by atoms with E-state index in [1.54, 1.807) is 24.9 Å². The molecule has 0 fully saturated rings. The first-order valence-corrected chi connectivity index (χ1v) is 8.35. The highest BCUT2D eigenvalue weighted by Crippen LogP contribution is 2.30. The fourth-order valence-electron chi connectivity index (χ4n) is 3.04. The number of fused-ring (bicyclic) bond motifs is 5. The van der Waals surface area contributed by atoms with Crippen molar-refractivity contribution in [1.29, 1.82) is 0 Å². The summed E-state index contributed by atoms with van der Waals surface area (Å²) in [4.78, 5) is 8.61. The quantitative estimate of drug-likeness (QED) is 0.399. The molecule has 4 heterocycles. The van der Waals surface area contributed by atoms with Crippen LogP contribution in [0, 0.1) is 11.8 Å². The molecule has 0 radical (unpaired) electrons. The van der Waals surface area contributed by atoms with Crippen LogP contribution in [0.2, 0.25) is 5.02 Å². The zero-order valence-corrected chi connectivity index (χ0v) is 14.2. The predicted octanol–water partition coefficient (Wildman–Crippen LogP) is 2.81. The van der Waals surface area contributed by atoms with Crippen LogP contribution in [-0.4, -0.2) is 29.5 Å². The van der Waals surface area contributed by atoms with Gasteiger partial charge in [-0.3, -0.25) is 9.55 Å². The lowest BCUT2D eigenvalue weighted by Gasteiger charge is -2.09. The van der Waals surface area contributed by atoms with Crippen molar-refractivity contribution in [1.82, 2.24) is 29.5 Å². The van der Waals surface area contributed by atoms with E-state index in [0.717, 1.165) is 34.0 Å². The molecule has 4 aromatic rings. The summed E-state index contributed by atoms with van der Waals surface area (Å²) in [6, 6.07) is 9.48. The average Bonchev–Trinajstić information content (AvgIpc) is 3.26. The van der Waals surface area contributed by atoms with Crippen LogP contribution in [0.5, 0.6) is 0 Å². The third-order valence-corrected chi connectivity index (χ3v) is 4.48. The largest absolute Gasteiger partial charge is 0.299 e. The molecular formula is C19H11ClN6. The molecule has 1 aromatic carbocycles. The summed E-state index contributed by atoms with van der Waals surface area (Å²) in [6.45, 7) is 0. The molecule has 0 saturated carbocycles. The maximum atomic E-state index is 6.20. The highest BCUT2D eigenvalue weighted by Gasteiger charge is 2.22. The van der Waals surface area contributed by atoms with Crippen molar-refractivity contribution < 1.29 is 0 Å². The predicted molar refractivity (Wildman–Crippen MR) is 96.5 cm³/mol. The number of halogens is 1. The molecule has 6 nitrogen and oxygen atoms in total. The molecule has 3 aromatic heterocycles. The van der Waals surface area contributed by atoms with E-state index in [4.69, 9.17) is 11.6 Å². The van der Waals surface area contributed by atoms with Gasteiger partial charge in [-0.2, -0.15) is 0 Å². The Balaban J connectivity index is 1.69. The minimum atomic E-state index is 0.621. The normalized spacial score (nSPS) is 11.6. The van der Waals surface area contributed by atoms with Crippen LogP contribution >= 0.6 is 11.6 Å². The summed E-state index contributed by atoms with van der Waals surface area (Å²) in [7, 11) is 0. The van der Waals surface area contributed by atoms with Crippen LogP contribution in [0.3, 0.4) is 0 Å². The number of hydrogen-bond donors (Lipinski definition) is 0. The molecule has 0 unspecified atom stereocenters. The topological polar surface area (TPSA) is 61.4 Å². The second-order valence-electron chi connectivity index (χ2n) is 5.85. The van der Waals surface area contributed by atoms with Crippen LogP contribution in [0.4, 0.5) is 0 Å². The Labute approximate surface area is 154 Å². The van der Waals surface area contributed by atoms with Crippen LogP contribution in [0.15, 0.2) is 55.2 Å². The summed E-state index contributed by atoms with van der Waals surface area (Å²) in [5, 5.41) is 8.91. The van der Waals surface area contributed by atoms with E-state index in [1.165, 1.54) is 0 Å². The van der Waals surface area contributed by atoms with Crippen LogP contribution in [0.25, 0.3) is 11.4 Å². The SMILES string of the molecule is Clc1ccc2c(c1)-n1nncc1Cc1c(C#Cc3cccnc3)ncn1-2. The van der Waals surface area contributed by atoms with Gasteiger partial charge >= 0.3 is 0 Å². The fraction of sp³-hybridized carbons (Fsp3) is 0.0526. The van der Waals surface area contributed by atoms with E-state index < -0.39 is 0 Å². The number of nitrogens with zero attached hydrogens (tertiary/aromatic N) is 6. The standard InChI is InChI=1S/C19H11ClN6/c20-14-4-6-17-19(8-14)26-15(11-23-24-26)9-18-16(22-12-25(17)18)5-3-13-2-1-7-21-10-13/h1-2,4,6-8,10-12H,9H2. The molecule has 0 N–H and O–H groups in total. The molecular weight excluding hydrogens is 348 g/mol. The fourth-order valence-corrected chi connectivity index (χ4v) is 3.21. The summed E-state index contributed by atoms with van der Waals surface area (Å²) in [6.07, 6.45) is 7.62. The first-order chi connectivity index (χ1) is 12.8. The molecule has 0 amide bonds. The highest BCUT2D eigenvalue weighted by molar-refractivity contribution is 6.30. The molecule has 0 aliphatic carbocycles. The van der Waals surface area contributed by atoms with Gasteiger partial charge in [0.25, 0.3) is 0 Å². The summed E-state index contributed by atoms with van der Waals surface area (Å²) in [5.41, 5.74) is 5.33. The number of benzene rings is 1. The lowest BCUT2D eigenvalue weighted by molar-refractivity contribution is 0.778. The minimum absolute atomic E-state index is 0.621. The van der Waals surface area contributed by atoms with E-state index in [2.05, 4.69) is 32.1 Å². The highest BCUT2D eigenvalue weighted by atomic mass is 35.5. The van der Waals surface area contributed by atoms with E-state index >= 15 is 0 Å². The monoisotopic (exact) mass is 358 g/mol. The van der Waals surface area contributed by atoms with Gasteiger partial charge in [0.2, 0.25) is 0 Å². The minimum Gasteiger partial charge on any atom is -0.299 e. The Hall–Kier alpha value is -3.43. The van der Waals surface area contributed by atoms with Crippen LogP contribution in [-0.2, 0) is 6.42 Å². The lowest BCUT2D eigenvalue weighted by Crippen LogP contribution is -2.03. The van der Waals surface area contributed by atoms with E-state index in [0.29, 0.717) is 11.4 Å². The molecule has 0 atom stereocenters. The Bertz CT molecular complexity index is 1180. The second kappa shape index (κ2) is 5.83. The van der Waals surface area contributed by atoms with Gasteiger partial charge in [-0.05, 0) is 36.3 Å². The van der Waals surface area contributed by atoms with Crippen LogP contribution in [0.1, 0.15) is 22.6 Å². The van der Waals surface area contributed by atoms with Crippen molar-refractivity contribution in [3.05, 3.63) is 82.9 Å². The van der Waals surface area contributed by atoms with Crippen molar-refractivity contribution in [2.45, 2.75) is 6.42 Å². The maximum Gasteiger partial charge on any atom is 0.135 e. The van der Waals surface area contributed by atoms with Crippen molar-refractivity contribution in [3.63, 3.8) is 0 Å². The summed E-state index contributed by atoms with van der Waals surface area (Å²) >= 11 is 6.20. The second-order valence-corrected chi connectivity index (χ2v) is 6.28. The number of pyridine rings is 1. The number of aromatic nitrogens is 6. The average molecular weight is 359 g/mol. The summed E-state index contributed by atoms with van der Waals surface area (Å²) in [5.74, 6) is 6.28. The van der Waals surface area contributed by atoms with Crippen molar-refractivity contribution >= 4 is 11.6 Å². The lowest BCUT2D eigenvalue weighted by atomic mass is 10.2. The zero-order chi connectivity index (χ0) is 17.5. The molecule has 0 saturated heterocycles. The van der Waals surface area contributed by atoms with Gasteiger partial charge < -0.3 is 0 Å².